The predicted molar refractivity (Wildman–Crippen MR) is 73.0 cm³/mol. The number of carbonyl (C=O) groups excluding carboxylic acids is 1. The zero-order chi connectivity index (χ0) is 13.7. The van der Waals surface area contributed by atoms with E-state index < -0.39 is 16.1 Å². The summed E-state index contributed by atoms with van der Waals surface area (Å²) in [5.74, 6) is -0.173. The van der Waals surface area contributed by atoms with Crippen molar-refractivity contribution in [2.45, 2.75) is 25.0 Å². The van der Waals surface area contributed by atoms with E-state index in [9.17, 15) is 13.2 Å². The second-order valence-corrected chi connectivity index (χ2v) is 6.42. The molecule has 1 heterocycles. The van der Waals surface area contributed by atoms with Gasteiger partial charge in [-0.05, 0) is 24.8 Å². The minimum Gasteiger partial charge on any atom is -0.324 e. The highest BCUT2D eigenvalue weighted by Crippen LogP contribution is 2.10. The Morgan fingerprint density at radius 3 is 2.37 bits per heavy atom. The van der Waals surface area contributed by atoms with Crippen molar-refractivity contribution in [1.82, 2.24) is 9.62 Å². The fourth-order valence-electron chi connectivity index (χ4n) is 2.12. The van der Waals surface area contributed by atoms with Gasteiger partial charge in [0, 0.05) is 13.1 Å². The molecule has 19 heavy (non-hydrogen) atoms. The molecule has 1 fully saturated rings. The van der Waals surface area contributed by atoms with Gasteiger partial charge in [-0.2, -0.15) is 0 Å². The largest absolute Gasteiger partial charge is 0.331 e. The van der Waals surface area contributed by atoms with Crippen LogP contribution in [0.2, 0.25) is 0 Å². The maximum absolute atomic E-state index is 11.9. The normalized spacial score (nSPS) is 16.1. The third kappa shape index (κ3) is 4.24. The Bertz CT molecular complexity index is 522. The van der Waals surface area contributed by atoms with Gasteiger partial charge in [-0.3, -0.25) is 0 Å². The summed E-state index contributed by atoms with van der Waals surface area (Å²) in [6.45, 7) is 1.26. The number of urea groups is 1. The molecule has 1 aliphatic heterocycles. The second kappa shape index (κ2) is 6.06. The van der Waals surface area contributed by atoms with Gasteiger partial charge in [-0.1, -0.05) is 30.3 Å². The molecule has 1 saturated heterocycles. The molecule has 0 aliphatic carbocycles. The third-order valence-electron chi connectivity index (χ3n) is 3.09. The first-order valence-electron chi connectivity index (χ1n) is 6.40. The summed E-state index contributed by atoms with van der Waals surface area (Å²) in [4.78, 5) is 13.4. The lowest BCUT2D eigenvalue weighted by atomic mass is 10.1. The van der Waals surface area contributed by atoms with E-state index in [1.54, 1.807) is 29.2 Å². The van der Waals surface area contributed by atoms with Gasteiger partial charge in [0.25, 0.3) is 0 Å². The fraction of sp³-hybridized carbons (Fsp3) is 0.462. The summed E-state index contributed by atoms with van der Waals surface area (Å²) in [5, 5.41) is 0. The van der Waals surface area contributed by atoms with Gasteiger partial charge in [0.15, 0.2) is 0 Å². The molecule has 0 aromatic heterocycles. The molecule has 0 spiro atoms. The van der Waals surface area contributed by atoms with E-state index in [1.165, 1.54) is 0 Å². The smallest absolute Gasteiger partial charge is 0.324 e. The maximum Gasteiger partial charge on any atom is 0.331 e. The van der Waals surface area contributed by atoms with Crippen molar-refractivity contribution in [3.8, 4) is 0 Å². The van der Waals surface area contributed by atoms with Gasteiger partial charge in [-0.25, -0.2) is 17.9 Å². The highest BCUT2D eigenvalue weighted by molar-refractivity contribution is 7.89. The van der Waals surface area contributed by atoms with Crippen LogP contribution in [0, 0.1) is 0 Å². The van der Waals surface area contributed by atoms with E-state index in [0.29, 0.717) is 18.7 Å². The van der Waals surface area contributed by atoms with Gasteiger partial charge in [0.05, 0.1) is 5.75 Å². The van der Waals surface area contributed by atoms with Crippen molar-refractivity contribution in [1.29, 1.82) is 0 Å². The van der Waals surface area contributed by atoms with Crippen LogP contribution in [0.4, 0.5) is 4.79 Å². The van der Waals surface area contributed by atoms with E-state index >= 15 is 0 Å². The van der Waals surface area contributed by atoms with Crippen LogP contribution in [0.25, 0.3) is 0 Å². The summed E-state index contributed by atoms with van der Waals surface area (Å²) in [5.41, 5.74) is 0.668. The molecule has 1 aromatic carbocycles. The monoisotopic (exact) mass is 282 g/mol. The van der Waals surface area contributed by atoms with Crippen molar-refractivity contribution in [3.05, 3.63) is 35.9 Å². The number of hydrogen-bond donors (Lipinski definition) is 1. The summed E-state index contributed by atoms with van der Waals surface area (Å²) >= 11 is 0. The van der Waals surface area contributed by atoms with Crippen molar-refractivity contribution >= 4 is 16.1 Å². The summed E-state index contributed by atoms with van der Waals surface area (Å²) in [6.07, 6.45) is 2.97. The standard InChI is InChI=1S/C13H18N2O3S/c16-13(15-9-5-2-6-10-15)14-19(17,18)11-12-7-3-1-4-8-12/h1,3-4,7-8H,2,5-6,9-11H2,(H,14,16). The third-order valence-corrected chi connectivity index (χ3v) is 4.28. The number of hydrogen-bond acceptors (Lipinski definition) is 3. The topological polar surface area (TPSA) is 66.5 Å². The van der Waals surface area contributed by atoms with E-state index in [2.05, 4.69) is 4.72 Å². The first-order valence-corrected chi connectivity index (χ1v) is 8.05. The molecule has 2 rings (SSSR count). The molecule has 0 radical (unpaired) electrons. The van der Waals surface area contributed by atoms with E-state index in [-0.39, 0.29) is 5.75 Å². The average Bonchev–Trinajstić information content (AvgIpc) is 2.39. The van der Waals surface area contributed by atoms with Crippen LogP contribution >= 0.6 is 0 Å². The van der Waals surface area contributed by atoms with Crippen molar-refractivity contribution in [2.24, 2.45) is 0 Å². The predicted octanol–water partition coefficient (Wildman–Crippen LogP) is 1.71. The number of amides is 2. The Morgan fingerprint density at radius 2 is 1.74 bits per heavy atom. The number of likely N-dealkylation sites (tertiary alicyclic amines) is 1. The Balaban J connectivity index is 1.95. The maximum atomic E-state index is 11.9. The lowest BCUT2D eigenvalue weighted by molar-refractivity contribution is 0.192. The molecular weight excluding hydrogens is 264 g/mol. The lowest BCUT2D eigenvalue weighted by Gasteiger charge is -2.26. The van der Waals surface area contributed by atoms with Gasteiger partial charge >= 0.3 is 6.03 Å². The molecule has 5 nitrogen and oxygen atoms in total. The van der Waals surface area contributed by atoms with Crippen LogP contribution in [0.15, 0.2) is 30.3 Å². The number of benzene rings is 1. The molecule has 1 aromatic rings. The van der Waals surface area contributed by atoms with Crippen LogP contribution in [0.1, 0.15) is 24.8 Å². The molecule has 1 N–H and O–H groups in total. The van der Waals surface area contributed by atoms with Crippen molar-refractivity contribution in [3.63, 3.8) is 0 Å². The zero-order valence-corrected chi connectivity index (χ0v) is 11.5. The Morgan fingerprint density at radius 1 is 1.11 bits per heavy atom. The average molecular weight is 282 g/mol. The number of carbonyl (C=O) groups is 1. The minimum absolute atomic E-state index is 0.173. The molecule has 6 heteroatoms. The number of piperidine rings is 1. The van der Waals surface area contributed by atoms with Gasteiger partial charge in [0.1, 0.15) is 0 Å². The first kappa shape index (κ1) is 13.9. The Labute approximate surface area is 113 Å². The van der Waals surface area contributed by atoms with Crippen LogP contribution < -0.4 is 4.72 Å². The van der Waals surface area contributed by atoms with E-state index in [1.807, 2.05) is 6.07 Å². The van der Waals surface area contributed by atoms with Crippen LogP contribution in [0.3, 0.4) is 0 Å². The highest BCUT2D eigenvalue weighted by Gasteiger charge is 2.21. The number of rotatable bonds is 3. The van der Waals surface area contributed by atoms with Crippen LogP contribution in [0.5, 0.6) is 0 Å². The molecule has 2 amide bonds. The van der Waals surface area contributed by atoms with Crippen molar-refractivity contribution in [2.75, 3.05) is 13.1 Å². The molecular formula is C13H18N2O3S. The first-order chi connectivity index (χ1) is 9.07. The van der Waals surface area contributed by atoms with Crippen LogP contribution in [-0.2, 0) is 15.8 Å². The highest BCUT2D eigenvalue weighted by atomic mass is 32.2. The molecule has 1 aliphatic rings. The quantitative estimate of drug-likeness (QED) is 0.917. The van der Waals surface area contributed by atoms with Gasteiger partial charge in [-0.15, -0.1) is 0 Å². The van der Waals surface area contributed by atoms with E-state index in [4.69, 9.17) is 0 Å². The molecule has 0 unspecified atom stereocenters. The Kier molecular flexibility index (Phi) is 4.42. The number of nitrogens with one attached hydrogen (secondary N) is 1. The fourth-order valence-corrected chi connectivity index (χ4v) is 3.22. The summed E-state index contributed by atoms with van der Waals surface area (Å²) in [7, 11) is -3.62. The molecule has 0 atom stereocenters. The molecule has 0 bridgehead atoms. The number of sulfonamides is 1. The Hall–Kier alpha value is -1.56. The molecule has 104 valence electrons. The summed E-state index contributed by atoms with van der Waals surface area (Å²) < 4.78 is 25.9. The van der Waals surface area contributed by atoms with E-state index in [0.717, 1.165) is 19.3 Å². The SMILES string of the molecule is O=C(NS(=O)(=O)Cc1ccccc1)N1CCCCC1. The van der Waals surface area contributed by atoms with Crippen molar-refractivity contribution < 1.29 is 13.2 Å². The minimum atomic E-state index is -3.62. The molecule has 0 saturated carbocycles. The number of nitrogens with zero attached hydrogens (tertiary/aromatic N) is 1. The van der Waals surface area contributed by atoms with Gasteiger partial charge in [0.2, 0.25) is 10.0 Å². The zero-order valence-electron chi connectivity index (χ0n) is 10.7. The van der Waals surface area contributed by atoms with Crippen LogP contribution in [-0.4, -0.2) is 32.4 Å². The van der Waals surface area contributed by atoms with Gasteiger partial charge < -0.3 is 4.90 Å². The summed E-state index contributed by atoms with van der Waals surface area (Å²) in [6, 6.07) is 8.32. The lowest BCUT2D eigenvalue weighted by Crippen LogP contribution is -2.45. The second-order valence-electron chi connectivity index (χ2n) is 4.70.